The molecule has 0 aliphatic heterocycles. The maximum Gasteiger partial charge on any atom is 0.311 e. The zero-order valence-electron chi connectivity index (χ0n) is 12.9. The molecule has 1 amide bonds. The number of nitrogens with one attached hydrogen (secondary N) is 1. The van der Waals surface area contributed by atoms with E-state index in [9.17, 15) is 14.7 Å². The van der Waals surface area contributed by atoms with E-state index in [0.717, 1.165) is 24.8 Å². The molecule has 5 heteroatoms. The van der Waals surface area contributed by atoms with Gasteiger partial charge in [-0.2, -0.15) is 0 Å². The predicted molar refractivity (Wildman–Crippen MR) is 82.6 cm³/mol. The molecule has 0 spiro atoms. The van der Waals surface area contributed by atoms with E-state index in [0.29, 0.717) is 25.0 Å². The van der Waals surface area contributed by atoms with E-state index in [-0.39, 0.29) is 12.5 Å². The Kier molecular flexibility index (Phi) is 5.55. The highest BCUT2D eigenvalue weighted by Gasteiger charge is 2.39. The quantitative estimate of drug-likeness (QED) is 0.847. The van der Waals surface area contributed by atoms with E-state index in [1.165, 1.54) is 0 Å². The van der Waals surface area contributed by atoms with Crippen LogP contribution in [0.2, 0.25) is 0 Å². The zero-order valence-corrected chi connectivity index (χ0v) is 12.9. The number of ether oxygens (including phenoxy) is 1. The fraction of sp³-hybridized carbons (Fsp3) is 0.529. The van der Waals surface area contributed by atoms with Gasteiger partial charge in [0.15, 0.2) is 0 Å². The first-order chi connectivity index (χ1) is 10.6. The van der Waals surface area contributed by atoms with Crippen molar-refractivity contribution in [2.75, 3.05) is 13.7 Å². The Labute approximate surface area is 130 Å². The number of carbonyl (C=O) groups excluding carboxylic acids is 1. The molecule has 5 nitrogen and oxygen atoms in total. The number of carbonyl (C=O) groups is 2. The third-order valence-corrected chi connectivity index (χ3v) is 4.35. The normalized spacial score (nSPS) is 17.0. The molecule has 0 aromatic heterocycles. The number of carboxylic acids is 1. The average molecular weight is 305 g/mol. The Bertz CT molecular complexity index is 535. The summed E-state index contributed by atoms with van der Waals surface area (Å²) in [4.78, 5) is 23.9. The molecule has 1 fully saturated rings. The SMILES string of the molecule is COCc1cccc(C(=O)NCC2(C(=O)O)CCCCC2)c1. The summed E-state index contributed by atoms with van der Waals surface area (Å²) >= 11 is 0. The predicted octanol–water partition coefficient (Wildman–Crippen LogP) is 2.60. The van der Waals surface area contributed by atoms with Gasteiger partial charge in [-0.3, -0.25) is 9.59 Å². The summed E-state index contributed by atoms with van der Waals surface area (Å²) in [6.07, 6.45) is 4.15. The molecule has 1 aliphatic rings. The highest BCUT2D eigenvalue weighted by Crippen LogP contribution is 2.36. The van der Waals surface area contributed by atoms with Gasteiger partial charge >= 0.3 is 5.97 Å². The van der Waals surface area contributed by atoms with Crippen molar-refractivity contribution < 1.29 is 19.4 Å². The summed E-state index contributed by atoms with van der Waals surface area (Å²) in [5, 5.41) is 12.3. The molecule has 0 radical (unpaired) electrons. The van der Waals surface area contributed by atoms with E-state index in [4.69, 9.17) is 4.74 Å². The van der Waals surface area contributed by atoms with Crippen LogP contribution < -0.4 is 5.32 Å². The van der Waals surface area contributed by atoms with Crippen molar-refractivity contribution in [2.45, 2.75) is 38.7 Å². The smallest absolute Gasteiger partial charge is 0.311 e. The molecule has 0 saturated heterocycles. The van der Waals surface area contributed by atoms with E-state index in [2.05, 4.69) is 5.32 Å². The van der Waals surface area contributed by atoms with Crippen LogP contribution in [0, 0.1) is 5.41 Å². The molecule has 2 N–H and O–H groups in total. The minimum atomic E-state index is -0.807. The van der Waals surface area contributed by atoms with Gasteiger partial charge in [-0.25, -0.2) is 0 Å². The van der Waals surface area contributed by atoms with Crippen LogP contribution >= 0.6 is 0 Å². The highest BCUT2D eigenvalue weighted by atomic mass is 16.5. The largest absolute Gasteiger partial charge is 0.481 e. The number of aliphatic carboxylic acids is 1. The highest BCUT2D eigenvalue weighted by molar-refractivity contribution is 5.94. The summed E-state index contributed by atoms with van der Waals surface area (Å²) in [6.45, 7) is 0.635. The lowest BCUT2D eigenvalue weighted by Gasteiger charge is -2.33. The van der Waals surface area contributed by atoms with Gasteiger partial charge in [0.25, 0.3) is 5.91 Å². The first-order valence-electron chi connectivity index (χ1n) is 7.67. The lowest BCUT2D eigenvalue weighted by molar-refractivity contribution is -0.150. The van der Waals surface area contributed by atoms with E-state index in [1.54, 1.807) is 25.3 Å². The van der Waals surface area contributed by atoms with Gasteiger partial charge in [0, 0.05) is 19.2 Å². The van der Waals surface area contributed by atoms with Crippen molar-refractivity contribution in [2.24, 2.45) is 5.41 Å². The molecule has 0 bridgehead atoms. The van der Waals surface area contributed by atoms with Crippen LogP contribution in [0.3, 0.4) is 0 Å². The van der Waals surface area contributed by atoms with Crippen molar-refractivity contribution in [3.05, 3.63) is 35.4 Å². The van der Waals surface area contributed by atoms with Crippen LogP contribution in [-0.2, 0) is 16.1 Å². The molecule has 1 aromatic carbocycles. The second-order valence-electron chi connectivity index (χ2n) is 5.96. The van der Waals surface area contributed by atoms with Crippen molar-refractivity contribution in [3.63, 3.8) is 0 Å². The van der Waals surface area contributed by atoms with Crippen LogP contribution in [0.5, 0.6) is 0 Å². The van der Waals surface area contributed by atoms with Crippen molar-refractivity contribution >= 4 is 11.9 Å². The fourth-order valence-corrected chi connectivity index (χ4v) is 3.02. The maximum absolute atomic E-state index is 12.3. The lowest BCUT2D eigenvalue weighted by atomic mass is 9.74. The summed E-state index contributed by atoms with van der Waals surface area (Å²) in [7, 11) is 1.60. The Morgan fingerprint density at radius 3 is 2.64 bits per heavy atom. The van der Waals surface area contributed by atoms with E-state index in [1.807, 2.05) is 6.07 Å². The Balaban J connectivity index is 2.02. The van der Waals surface area contributed by atoms with Gasteiger partial charge in [0.2, 0.25) is 0 Å². The molecule has 1 saturated carbocycles. The second kappa shape index (κ2) is 7.40. The second-order valence-corrected chi connectivity index (χ2v) is 5.96. The summed E-state index contributed by atoms with van der Waals surface area (Å²) < 4.78 is 5.06. The molecule has 0 unspecified atom stereocenters. The zero-order chi connectivity index (χ0) is 16.0. The number of methoxy groups -OCH3 is 1. The minimum absolute atomic E-state index is 0.190. The first kappa shape index (κ1) is 16.5. The third-order valence-electron chi connectivity index (χ3n) is 4.35. The van der Waals surface area contributed by atoms with Crippen molar-refractivity contribution in [3.8, 4) is 0 Å². The third kappa shape index (κ3) is 3.85. The maximum atomic E-state index is 12.3. The summed E-state index contributed by atoms with van der Waals surface area (Å²) in [5.41, 5.74) is 0.643. The number of carboxylic acid groups (broad SMARTS) is 1. The van der Waals surface area contributed by atoms with Crippen molar-refractivity contribution in [1.82, 2.24) is 5.32 Å². The summed E-state index contributed by atoms with van der Waals surface area (Å²) in [5.74, 6) is -1.04. The topological polar surface area (TPSA) is 75.6 Å². The average Bonchev–Trinajstić information content (AvgIpc) is 2.54. The molecule has 2 rings (SSSR count). The van der Waals surface area contributed by atoms with Crippen LogP contribution in [0.1, 0.15) is 48.0 Å². The van der Waals surface area contributed by atoms with Crippen LogP contribution in [0.25, 0.3) is 0 Å². The number of rotatable bonds is 6. The van der Waals surface area contributed by atoms with Gasteiger partial charge < -0.3 is 15.2 Å². The Morgan fingerprint density at radius 1 is 1.27 bits per heavy atom. The standard InChI is InChI=1S/C17H23NO4/c1-22-11-13-6-5-7-14(10-13)15(19)18-12-17(16(20)21)8-3-2-4-9-17/h5-7,10H,2-4,8-9,11-12H2,1H3,(H,18,19)(H,20,21). The lowest BCUT2D eigenvalue weighted by Crippen LogP contribution is -2.44. The Hall–Kier alpha value is -1.88. The number of hydrogen-bond acceptors (Lipinski definition) is 3. The summed E-state index contributed by atoms with van der Waals surface area (Å²) in [6, 6.07) is 7.19. The molecule has 1 aromatic rings. The fourth-order valence-electron chi connectivity index (χ4n) is 3.02. The van der Waals surface area contributed by atoms with Crippen molar-refractivity contribution in [1.29, 1.82) is 0 Å². The molecule has 120 valence electrons. The molecule has 22 heavy (non-hydrogen) atoms. The van der Waals surface area contributed by atoms with Gasteiger partial charge in [-0.15, -0.1) is 0 Å². The minimum Gasteiger partial charge on any atom is -0.481 e. The van der Waals surface area contributed by atoms with E-state index >= 15 is 0 Å². The molecule has 0 atom stereocenters. The van der Waals surface area contributed by atoms with Crippen LogP contribution in [0.15, 0.2) is 24.3 Å². The molecular weight excluding hydrogens is 282 g/mol. The van der Waals surface area contributed by atoms with Gasteiger partial charge in [-0.1, -0.05) is 31.4 Å². The van der Waals surface area contributed by atoms with Gasteiger partial charge in [0.05, 0.1) is 12.0 Å². The number of hydrogen-bond donors (Lipinski definition) is 2. The molecule has 0 heterocycles. The number of benzene rings is 1. The molecule has 1 aliphatic carbocycles. The first-order valence-corrected chi connectivity index (χ1v) is 7.67. The van der Waals surface area contributed by atoms with Crippen LogP contribution in [-0.4, -0.2) is 30.6 Å². The van der Waals surface area contributed by atoms with Gasteiger partial charge in [0.1, 0.15) is 0 Å². The number of amides is 1. The van der Waals surface area contributed by atoms with Crippen LogP contribution in [0.4, 0.5) is 0 Å². The molecular formula is C17H23NO4. The van der Waals surface area contributed by atoms with Gasteiger partial charge in [-0.05, 0) is 30.5 Å². The monoisotopic (exact) mass is 305 g/mol. The van der Waals surface area contributed by atoms with E-state index < -0.39 is 11.4 Å². The Morgan fingerprint density at radius 2 is 2.00 bits per heavy atom.